The van der Waals surface area contributed by atoms with Gasteiger partial charge in [-0.15, -0.1) is 11.3 Å². The Labute approximate surface area is 191 Å². The summed E-state index contributed by atoms with van der Waals surface area (Å²) in [6.07, 6.45) is 6.11. The van der Waals surface area contributed by atoms with Crippen molar-refractivity contribution in [3.63, 3.8) is 0 Å². The summed E-state index contributed by atoms with van der Waals surface area (Å²) in [6, 6.07) is 2.52. The van der Waals surface area contributed by atoms with Crippen molar-refractivity contribution in [1.82, 2.24) is 25.3 Å². The molecule has 3 aromatic rings. The van der Waals surface area contributed by atoms with Gasteiger partial charge < -0.3 is 14.8 Å². The highest BCUT2D eigenvalue weighted by atomic mass is 32.2. The first-order valence-corrected chi connectivity index (χ1v) is 11.6. The standard InChI is InChI=1S/C19H22N6O5S2/c1-3-29-11-15(13-7-12(5-6-21-13)25-32(27)28)24-18(26)19-22-9-16(31-19)14-8-20-10-17(23-14)30-4-2/h5-10,15H,3-4,11H2,1-2H3,(H,21,25)(H,24,26)(H,27,28)/t15-/m1/s1. The first kappa shape index (κ1) is 23.7. The quantitative estimate of drug-likeness (QED) is 0.353. The van der Waals surface area contributed by atoms with Gasteiger partial charge in [-0.05, 0) is 26.0 Å². The molecule has 32 heavy (non-hydrogen) atoms. The minimum atomic E-state index is -2.23. The van der Waals surface area contributed by atoms with Crippen molar-refractivity contribution in [2.24, 2.45) is 0 Å². The second-order valence-corrected chi connectivity index (χ2v) is 7.94. The van der Waals surface area contributed by atoms with Gasteiger partial charge in [0.05, 0.1) is 47.9 Å². The molecular weight excluding hydrogens is 456 g/mol. The lowest BCUT2D eigenvalue weighted by Gasteiger charge is -2.18. The first-order valence-electron chi connectivity index (χ1n) is 9.63. The smallest absolute Gasteiger partial charge is 0.280 e. The van der Waals surface area contributed by atoms with Crippen LogP contribution in [0, 0.1) is 0 Å². The fourth-order valence-corrected chi connectivity index (χ4v) is 3.74. The summed E-state index contributed by atoms with van der Waals surface area (Å²) in [5, 5.41) is 3.09. The summed E-state index contributed by atoms with van der Waals surface area (Å²) in [5.41, 5.74) is 1.40. The van der Waals surface area contributed by atoms with Gasteiger partial charge in [-0.25, -0.2) is 14.2 Å². The maximum atomic E-state index is 12.9. The highest BCUT2D eigenvalue weighted by Gasteiger charge is 2.21. The number of anilines is 1. The summed E-state index contributed by atoms with van der Waals surface area (Å²) < 4.78 is 33.3. The number of amides is 1. The second kappa shape index (κ2) is 11.6. The molecule has 13 heteroatoms. The number of aromatic nitrogens is 4. The average molecular weight is 479 g/mol. The van der Waals surface area contributed by atoms with Crippen LogP contribution in [0.1, 0.15) is 35.4 Å². The molecule has 3 heterocycles. The van der Waals surface area contributed by atoms with E-state index >= 15 is 0 Å². The lowest BCUT2D eigenvalue weighted by molar-refractivity contribution is 0.0853. The summed E-state index contributed by atoms with van der Waals surface area (Å²) in [7, 11) is 0. The van der Waals surface area contributed by atoms with Crippen LogP contribution >= 0.6 is 11.3 Å². The lowest BCUT2D eigenvalue weighted by atomic mass is 10.2. The second-order valence-electron chi connectivity index (χ2n) is 6.21. The van der Waals surface area contributed by atoms with Gasteiger partial charge in [0.2, 0.25) is 5.88 Å². The van der Waals surface area contributed by atoms with Gasteiger partial charge in [-0.2, -0.15) is 0 Å². The molecule has 0 aliphatic carbocycles. The minimum Gasteiger partial charge on any atom is -0.477 e. The Bertz CT molecular complexity index is 1080. The van der Waals surface area contributed by atoms with E-state index in [1.54, 1.807) is 24.5 Å². The number of nitrogens with zero attached hydrogens (tertiary/aromatic N) is 4. The molecule has 0 saturated carbocycles. The average Bonchev–Trinajstić information content (AvgIpc) is 3.27. The Balaban J connectivity index is 1.77. The van der Waals surface area contributed by atoms with Crippen molar-refractivity contribution in [2.75, 3.05) is 24.5 Å². The molecule has 0 aliphatic rings. The van der Waals surface area contributed by atoms with Crippen LogP contribution in [0.3, 0.4) is 0 Å². The Morgan fingerprint density at radius 2 is 2.09 bits per heavy atom. The Hall–Kier alpha value is -3.00. The number of carbonyl (C=O) groups is 1. The van der Waals surface area contributed by atoms with E-state index in [-0.39, 0.29) is 11.6 Å². The SMILES string of the molecule is CCOC[C@@H](NC(=O)c1ncc(-c2cncc(OCC)n2)s1)c1cc(NS(=O)O)ccn1. The monoisotopic (exact) mass is 478 g/mol. The van der Waals surface area contributed by atoms with E-state index in [4.69, 9.17) is 14.0 Å². The Morgan fingerprint density at radius 3 is 2.84 bits per heavy atom. The largest absolute Gasteiger partial charge is 0.477 e. The van der Waals surface area contributed by atoms with E-state index in [0.29, 0.717) is 41.0 Å². The van der Waals surface area contributed by atoms with Crippen LogP contribution < -0.4 is 14.8 Å². The predicted molar refractivity (Wildman–Crippen MR) is 120 cm³/mol. The highest BCUT2D eigenvalue weighted by molar-refractivity contribution is 7.80. The molecule has 1 unspecified atom stereocenters. The van der Waals surface area contributed by atoms with Gasteiger partial charge in [0.25, 0.3) is 17.2 Å². The maximum Gasteiger partial charge on any atom is 0.280 e. The molecule has 3 aromatic heterocycles. The van der Waals surface area contributed by atoms with Crippen LogP contribution in [0.15, 0.2) is 36.9 Å². The molecule has 0 radical (unpaired) electrons. The molecule has 0 saturated heterocycles. The van der Waals surface area contributed by atoms with Crippen molar-refractivity contribution in [3.05, 3.63) is 47.6 Å². The van der Waals surface area contributed by atoms with Gasteiger partial charge in [-0.3, -0.25) is 24.0 Å². The number of rotatable bonds is 11. The molecule has 0 aliphatic heterocycles. The van der Waals surface area contributed by atoms with Gasteiger partial charge >= 0.3 is 0 Å². The van der Waals surface area contributed by atoms with Crippen LogP contribution in [0.2, 0.25) is 0 Å². The molecule has 2 atom stereocenters. The summed E-state index contributed by atoms with van der Waals surface area (Å²) in [5.74, 6) is -0.0182. The van der Waals surface area contributed by atoms with Gasteiger partial charge in [-0.1, -0.05) is 0 Å². The van der Waals surface area contributed by atoms with Crippen molar-refractivity contribution in [2.45, 2.75) is 19.9 Å². The molecule has 0 spiro atoms. The number of pyridine rings is 1. The Kier molecular flexibility index (Phi) is 8.56. The van der Waals surface area contributed by atoms with Crippen LogP contribution in [0.4, 0.5) is 5.69 Å². The van der Waals surface area contributed by atoms with Gasteiger partial charge in [0.1, 0.15) is 5.69 Å². The third-order valence-corrected chi connectivity index (χ3v) is 5.42. The van der Waals surface area contributed by atoms with E-state index in [1.807, 2.05) is 13.8 Å². The molecule has 3 N–H and O–H groups in total. The molecule has 0 bridgehead atoms. The third kappa shape index (κ3) is 6.50. The summed E-state index contributed by atoms with van der Waals surface area (Å²) in [6.45, 7) is 4.77. The summed E-state index contributed by atoms with van der Waals surface area (Å²) in [4.78, 5) is 30.5. The molecular formula is C19H22N6O5S2. The van der Waals surface area contributed by atoms with Crippen molar-refractivity contribution < 1.29 is 23.0 Å². The van der Waals surface area contributed by atoms with E-state index < -0.39 is 23.2 Å². The third-order valence-electron chi connectivity index (χ3n) is 3.99. The highest BCUT2D eigenvalue weighted by Crippen LogP contribution is 2.26. The number of nitrogens with one attached hydrogen (secondary N) is 2. The predicted octanol–water partition coefficient (Wildman–Crippen LogP) is 2.45. The van der Waals surface area contributed by atoms with E-state index in [2.05, 4.69) is 30.0 Å². The number of hydrogen-bond donors (Lipinski definition) is 3. The van der Waals surface area contributed by atoms with Crippen LogP contribution in [0.5, 0.6) is 5.88 Å². The van der Waals surface area contributed by atoms with Gasteiger partial charge in [0.15, 0.2) is 5.01 Å². The minimum absolute atomic E-state index is 0.168. The Morgan fingerprint density at radius 1 is 1.25 bits per heavy atom. The molecule has 3 rings (SSSR count). The number of hydrogen-bond acceptors (Lipinski definition) is 9. The molecule has 11 nitrogen and oxygen atoms in total. The van der Waals surface area contributed by atoms with Crippen molar-refractivity contribution in [1.29, 1.82) is 0 Å². The summed E-state index contributed by atoms with van der Waals surface area (Å²) >= 11 is -1.06. The molecule has 1 amide bonds. The van der Waals surface area contributed by atoms with Crippen LogP contribution in [-0.2, 0) is 16.0 Å². The molecule has 170 valence electrons. The topological polar surface area (TPSA) is 148 Å². The van der Waals surface area contributed by atoms with Crippen molar-refractivity contribution in [3.8, 4) is 16.5 Å². The number of thiazole rings is 1. The molecule has 0 aromatic carbocycles. The normalized spacial score (nSPS) is 12.7. The molecule has 0 fully saturated rings. The van der Waals surface area contributed by atoms with Crippen molar-refractivity contribution >= 4 is 34.2 Å². The van der Waals surface area contributed by atoms with Gasteiger partial charge in [0, 0.05) is 19.0 Å². The number of carbonyl (C=O) groups excluding carboxylic acids is 1. The van der Waals surface area contributed by atoms with E-state index in [1.165, 1.54) is 23.7 Å². The zero-order valence-electron chi connectivity index (χ0n) is 17.3. The zero-order chi connectivity index (χ0) is 22.9. The first-order chi connectivity index (χ1) is 15.5. The van der Waals surface area contributed by atoms with E-state index in [0.717, 1.165) is 0 Å². The van der Waals surface area contributed by atoms with Crippen LogP contribution in [-0.4, -0.2) is 54.4 Å². The lowest BCUT2D eigenvalue weighted by Crippen LogP contribution is -2.32. The maximum absolute atomic E-state index is 12.9. The fraction of sp³-hybridized carbons (Fsp3) is 0.316. The fourth-order valence-electron chi connectivity index (χ4n) is 2.64. The van der Waals surface area contributed by atoms with E-state index in [9.17, 15) is 9.00 Å². The van der Waals surface area contributed by atoms with Crippen LogP contribution in [0.25, 0.3) is 10.6 Å². The zero-order valence-corrected chi connectivity index (χ0v) is 19.0. The number of ether oxygens (including phenoxy) is 2.